The van der Waals surface area contributed by atoms with Crippen LogP contribution in [-0.2, 0) is 11.8 Å². The van der Waals surface area contributed by atoms with E-state index in [0.29, 0.717) is 5.91 Å². The molecule has 162 valence electrons. The Bertz CT molecular complexity index is 1070. The van der Waals surface area contributed by atoms with E-state index in [9.17, 15) is 4.79 Å². The predicted octanol–water partition coefficient (Wildman–Crippen LogP) is 3.23. The quantitative estimate of drug-likeness (QED) is 0.656. The van der Waals surface area contributed by atoms with Crippen molar-refractivity contribution in [3.63, 3.8) is 0 Å². The third-order valence-corrected chi connectivity index (χ3v) is 6.92. The molecule has 3 aromatic rings. The van der Waals surface area contributed by atoms with Crippen LogP contribution in [-0.4, -0.2) is 71.6 Å². The number of carbonyl (C=O) groups excluding carboxylic acids is 1. The lowest BCUT2D eigenvalue weighted by molar-refractivity contribution is -0.137. The van der Waals surface area contributed by atoms with E-state index in [1.165, 1.54) is 5.69 Å². The van der Waals surface area contributed by atoms with Gasteiger partial charge in [-0.3, -0.25) is 4.79 Å². The number of imidazole rings is 1. The van der Waals surface area contributed by atoms with E-state index in [1.54, 1.807) is 0 Å². The normalized spacial score (nSPS) is 18.6. The van der Waals surface area contributed by atoms with Gasteiger partial charge in [0.15, 0.2) is 0 Å². The minimum absolute atomic E-state index is 0.212. The molecule has 6 nitrogen and oxygen atoms in total. The van der Waals surface area contributed by atoms with E-state index in [4.69, 9.17) is 4.98 Å². The number of piperazine rings is 1. The second-order valence-electron chi connectivity index (χ2n) is 8.92. The summed E-state index contributed by atoms with van der Waals surface area (Å²) in [6, 6.07) is 16.9. The van der Waals surface area contributed by atoms with Gasteiger partial charge < -0.3 is 19.3 Å². The standard InChI is InChI=1S/C25H31N5O/c1-27-12-10-19(11-13-27)25(31)30-16-14-29(15-17-30)21-7-5-6-20(18-21)24-26-22-8-3-4-9-23(22)28(24)2/h3-9,18-19H,10-17H2,1-2H3. The highest BCUT2D eigenvalue weighted by Gasteiger charge is 2.29. The molecule has 0 N–H and O–H groups in total. The lowest BCUT2D eigenvalue weighted by Crippen LogP contribution is -2.51. The molecule has 0 saturated carbocycles. The Balaban J connectivity index is 1.28. The van der Waals surface area contributed by atoms with Crippen molar-refractivity contribution in [2.75, 3.05) is 51.2 Å². The Labute approximate surface area is 184 Å². The number of rotatable bonds is 3. The molecular formula is C25H31N5O. The summed E-state index contributed by atoms with van der Waals surface area (Å²) >= 11 is 0. The summed E-state index contributed by atoms with van der Waals surface area (Å²) in [5.74, 6) is 1.56. The van der Waals surface area contributed by atoms with E-state index in [0.717, 1.165) is 74.5 Å². The number of carbonyl (C=O) groups is 1. The van der Waals surface area contributed by atoms with Crippen molar-refractivity contribution in [3.8, 4) is 11.4 Å². The van der Waals surface area contributed by atoms with E-state index in [2.05, 4.69) is 75.8 Å². The minimum Gasteiger partial charge on any atom is -0.368 e. The first kappa shape index (κ1) is 20.1. The lowest BCUT2D eigenvalue weighted by Gasteiger charge is -2.39. The topological polar surface area (TPSA) is 44.6 Å². The lowest BCUT2D eigenvalue weighted by atomic mass is 9.95. The Morgan fingerprint density at radius 2 is 1.65 bits per heavy atom. The maximum absolute atomic E-state index is 12.9. The number of hydrogen-bond acceptors (Lipinski definition) is 4. The van der Waals surface area contributed by atoms with E-state index in [-0.39, 0.29) is 5.92 Å². The molecular weight excluding hydrogens is 386 g/mol. The summed E-state index contributed by atoms with van der Waals surface area (Å²) < 4.78 is 2.16. The highest BCUT2D eigenvalue weighted by molar-refractivity contribution is 5.81. The number of likely N-dealkylation sites (tertiary alicyclic amines) is 1. The van der Waals surface area contributed by atoms with Crippen LogP contribution in [0.2, 0.25) is 0 Å². The number of hydrogen-bond donors (Lipinski definition) is 0. The molecule has 2 aliphatic rings. The Hall–Kier alpha value is -2.86. The first-order valence-electron chi connectivity index (χ1n) is 11.3. The highest BCUT2D eigenvalue weighted by atomic mass is 16.2. The molecule has 2 aliphatic heterocycles. The number of aryl methyl sites for hydroxylation is 1. The second kappa shape index (κ2) is 8.35. The van der Waals surface area contributed by atoms with Crippen molar-refractivity contribution >= 4 is 22.6 Å². The average molecular weight is 418 g/mol. The zero-order valence-corrected chi connectivity index (χ0v) is 18.5. The second-order valence-corrected chi connectivity index (χ2v) is 8.92. The minimum atomic E-state index is 0.212. The molecule has 1 amide bonds. The summed E-state index contributed by atoms with van der Waals surface area (Å²) in [5, 5.41) is 0. The van der Waals surface area contributed by atoms with Gasteiger partial charge in [-0.1, -0.05) is 24.3 Å². The zero-order chi connectivity index (χ0) is 21.4. The number of aromatic nitrogens is 2. The zero-order valence-electron chi connectivity index (χ0n) is 18.5. The summed E-state index contributed by atoms with van der Waals surface area (Å²) in [5.41, 5.74) is 4.49. The number of nitrogens with zero attached hydrogens (tertiary/aromatic N) is 5. The Morgan fingerprint density at radius 1 is 0.903 bits per heavy atom. The molecule has 2 aromatic carbocycles. The van der Waals surface area contributed by atoms with Crippen molar-refractivity contribution in [1.82, 2.24) is 19.4 Å². The number of piperidine rings is 1. The van der Waals surface area contributed by atoms with Gasteiger partial charge >= 0.3 is 0 Å². The largest absolute Gasteiger partial charge is 0.368 e. The van der Waals surface area contributed by atoms with Crippen LogP contribution >= 0.6 is 0 Å². The van der Waals surface area contributed by atoms with E-state index in [1.807, 2.05) is 6.07 Å². The summed E-state index contributed by atoms with van der Waals surface area (Å²) in [7, 11) is 4.21. The van der Waals surface area contributed by atoms with Crippen LogP contribution in [0.1, 0.15) is 12.8 Å². The maximum Gasteiger partial charge on any atom is 0.225 e. The molecule has 5 rings (SSSR count). The van der Waals surface area contributed by atoms with Crippen LogP contribution in [0.25, 0.3) is 22.4 Å². The summed E-state index contributed by atoms with van der Waals surface area (Å²) in [6.45, 7) is 5.44. The maximum atomic E-state index is 12.9. The van der Waals surface area contributed by atoms with Crippen molar-refractivity contribution in [2.24, 2.45) is 13.0 Å². The number of anilines is 1. The average Bonchev–Trinajstić information content (AvgIpc) is 3.16. The third kappa shape index (κ3) is 3.92. The molecule has 0 aliphatic carbocycles. The third-order valence-electron chi connectivity index (χ3n) is 6.92. The molecule has 6 heteroatoms. The van der Waals surface area contributed by atoms with Crippen LogP contribution in [0.3, 0.4) is 0 Å². The molecule has 0 spiro atoms. The van der Waals surface area contributed by atoms with Gasteiger partial charge in [-0.05, 0) is 57.2 Å². The number of fused-ring (bicyclic) bond motifs is 1. The Kier molecular flexibility index (Phi) is 5.40. The van der Waals surface area contributed by atoms with Crippen molar-refractivity contribution in [2.45, 2.75) is 12.8 Å². The van der Waals surface area contributed by atoms with Gasteiger partial charge in [0.2, 0.25) is 5.91 Å². The van der Waals surface area contributed by atoms with Gasteiger partial charge in [-0.2, -0.15) is 0 Å². The van der Waals surface area contributed by atoms with Crippen LogP contribution in [0.15, 0.2) is 48.5 Å². The monoisotopic (exact) mass is 417 g/mol. The first-order chi connectivity index (χ1) is 15.1. The molecule has 0 radical (unpaired) electrons. The van der Waals surface area contributed by atoms with E-state index >= 15 is 0 Å². The Morgan fingerprint density at radius 3 is 2.39 bits per heavy atom. The fraction of sp³-hybridized carbons (Fsp3) is 0.440. The van der Waals surface area contributed by atoms with Gasteiger partial charge in [0.05, 0.1) is 11.0 Å². The number of amides is 1. The van der Waals surface area contributed by atoms with Gasteiger partial charge in [0.1, 0.15) is 5.82 Å². The van der Waals surface area contributed by atoms with Crippen molar-refractivity contribution in [3.05, 3.63) is 48.5 Å². The van der Waals surface area contributed by atoms with Gasteiger partial charge in [0, 0.05) is 50.4 Å². The van der Waals surface area contributed by atoms with Crippen LogP contribution in [0, 0.1) is 5.92 Å². The molecule has 1 aromatic heterocycles. The summed E-state index contributed by atoms with van der Waals surface area (Å²) in [6.07, 6.45) is 1.99. The predicted molar refractivity (Wildman–Crippen MR) is 125 cm³/mol. The SMILES string of the molecule is CN1CCC(C(=O)N2CCN(c3cccc(-c4nc5ccccc5n4C)c3)CC2)CC1. The number of para-hydroxylation sites is 2. The first-order valence-corrected chi connectivity index (χ1v) is 11.3. The van der Waals surface area contributed by atoms with Crippen LogP contribution in [0.5, 0.6) is 0 Å². The van der Waals surface area contributed by atoms with Crippen molar-refractivity contribution < 1.29 is 4.79 Å². The van der Waals surface area contributed by atoms with Gasteiger partial charge in [0.25, 0.3) is 0 Å². The number of benzene rings is 2. The fourth-order valence-electron chi connectivity index (χ4n) is 4.94. The van der Waals surface area contributed by atoms with Gasteiger partial charge in [-0.25, -0.2) is 4.98 Å². The highest BCUT2D eigenvalue weighted by Crippen LogP contribution is 2.28. The molecule has 3 heterocycles. The molecule has 2 fully saturated rings. The van der Waals surface area contributed by atoms with Crippen LogP contribution in [0.4, 0.5) is 5.69 Å². The van der Waals surface area contributed by atoms with Crippen LogP contribution < -0.4 is 4.90 Å². The molecule has 0 bridgehead atoms. The molecule has 0 unspecified atom stereocenters. The molecule has 2 saturated heterocycles. The molecule has 0 atom stereocenters. The molecule has 31 heavy (non-hydrogen) atoms. The fourth-order valence-corrected chi connectivity index (χ4v) is 4.94. The van der Waals surface area contributed by atoms with Gasteiger partial charge in [-0.15, -0.1) is 0 Å². The van der Waals surface area contributed by atoms with Crippen molar-refractivity contribution in [1.29, 1.82) is 0 Å². The van der Waals surface area contributed by atoms with E-state index < -0.39 is 0 Å². The smallest absolute Gasteiger partial charge is 0.225 e. The summed E-state index contributed by atoms with van der Waals surface area (Å²) in [4.78, 5) is 24.6.